The minimum atomic E-state index is -0.444. The van der Waals surface area contributed by atoms with Crippen molar-refractivity contribution in [3.8, 4) is 0 Å². The normalized spacial score (nSPS) is 13.1. The Morgan fingerprint density at radius 2 is 1.85 bits per heavy atom. The van der Waals surface area contributed by atoms with Crippen LogP contribution in [0.15, 0.2) is 48.1 Å². The molecule has 0 aliphatic carbocycles. The largest absolute Gasteiger partial charge is 0.465 e. The third-order valence-electron chi connectivity index (χ3n) is 2.44. The average molecular weight is 274 g/mol. The standard InChI is InChI=1S/C16H18O4/c1-12(20-13(2)17)9-10-15(16(18)19-3)11-14-7-5-4-6-8-14/h4-12H,1-3H3/b10-9-,15-11-. The van der Waals surface area contributed by atoms with Crippen LogP contribution in [0.4, 0.5) is 0 Å². The number of rotatable bonds is 5. The second kappa shape index (κ2) is 7.94. The van der Waals surface area contributed by atoms with Gasteiger partial charge >= 0.3 is 11.9 Å². The van der Waals surface area contributed by atoms with Crippen LogP contribution < -0.4 is 0 Å². The average Bonchev–Trinajstić information content (AvgIpc) is 2.43. The summed E-state index contributed by atoms with van der Waals surface area (Å²) in [5.74, 6) is -0.811. The van der Waals surface area contributed by atoms with Crippen molar-refractivity contribution in [1.82, 2.24) is 0 Å². The molecular weight excluding hydrogens is 256 g/mol. The van der Waals surface area contributed by atoms with Gasteiger partial charge in [0.15, 0.2) is 0 Å². The molecule has 1 rings (SSSR count). The van der Waals surface area contributed by atoms with E-state index in [0.29, 0.717) is 5.57 Å². The zero-order valence-corrected chi connectivity index (χ0v) is 11.8. The lowest BCUT2D eigenvalue weighted by atomic mass is 10.1. The zero-order chi connectivity index (χ0) is 15.0. The Bertz CT molecular complexity index is 515. The predicted octanol–water partition coefficient (Wildman–Crippen LogP) is 2.75. The van der Waals surface area contributed by atoms with Crippen molar-refractivity contribution in [2.45, 2.75) is 20.0 Å². The Hall–Kier alpha value is -2.36. The predicted molar refractivity (Wildman–Crippen MR) is 76.8 cm³/mol. The molecule has 1 aromatic rings. The highest BCUT2D eigenvalue weighted by molar-refractivity contribution is 5.96. The van der Waals surface area contributed by atoms with Gasteiger partial charge in [-0.15, -0.1) is 0 Å². The van der Waals surface area contributed by atoms with Gasteiger partial charge in [0.25, 0.3) is 0 Å². The minimum absolute atomic E-state index is 0.367. The monoisotopic (exact) mass is 274 g/mol. The van der Waals surface area contributed by atoms with Gasteiger partial charge in [-0.25, -0.2) is 4.79 Å². The molecular formula is C16H18O4. The van der Waals surface area contributed by atoms with E-state index in [1.807, 2.05) is 30.3 Å². The maximum Gasteiger partial charge on any atom is 0.337 e. The van der Waals surface area contributed by atoms with Gasteiger partial charge in [-0.1, -0.05) is 30.3 Å². The highest BCUT2D eigenvalue weighted by Crippen LogP contribution is 2.10. The Morgan fingerprint density at radius 1 is 1.20 bits per heavy atom. The van der Waals surface area contributed by atoms with Crippen LogP contribution in [0.5, 0.6) is 0 Å². The highest BCUT2D eigenvalue weighted by atomic mass is 16.5. The van der Waals surface area contributed by atoms with Gasteiger partial charge in [-0.2, -0.15) is 0 Å². The molecule has 4 heteroatoms. The lowest BCUT2D eigenvalue weighted by molar-refractivity contribution is -0.143. The molecule has 1 atom stereocenters. The third-order valence-corrected chi connectivity index (χ3v) is 2.44. The van der Waals surface area contributed by atoms with Crippen LogP contribution in [0.3, 0.4) is 0 Å². The number of methoxy groups -OCH3 is 1. The number of hydrogen-bond donors (Lipinski definition) is 0. The molecule has 1 unspecified atom stereocenters. The van der Waals surface area contributed by atoms with Crippen LogP contribution in [-0.4, -0.2) is 25.2 Å². The summed E-state index contributed by atoms with van der Waals surface area (Å²) in [5.41, 5.74) is 1.27. The van der Waals surface area contributed by atoms with Crippen molar-refractivity contribution in [2.24, 2.45) is 0 Å². The third kappa shape index (κ3) is 5.52. The molecule has 0 heterocycles. The smallest absolute Gasteiger partial charge is 0.337 e. The van der Waals surface area contributed by atoms with Crippen molar-refractivity contribution in [1.29, 1.82) is 0 Å². The van der Waals surface area contributed by atoms with Crippen molar-refractivity contribution in [2.75, 3.05) is 7.11 Å². The molecule has 0 aliphatic heterocycles. The molecule has 0 N–H and O–H groups in total. The maximum atomic E-state index is 11.7. The summed E-state index contributed by atoms with van der Waals surface area (Å²) in [7, 11) is 1.32. The molecule has 0 spiro atoms. The summed E-state index contributed by atoms with van der Waals surface area (Å²) in [4.78, 5) is 22.5. The van der Waals surface area contributed by atoms with E-state index in [4.69, 9.17) is 9.47 Å². The second-order valence-electron chi connectivity index (χ2n) is 4.18. The van der Waals surface area contributed by atoms with Gasteiger partial charge in [0.2, 0.25) is 0 Å². The molecule has 0 amide bonds. The maximum absolute atomic E-state index is 11.7. The van der Waals surface area contributed by atoms with Gasteiger partial charge in [-0.3, -0.25) is 4.79 Å². The Balaban J connectivity index is 2.91. The van der Waals surface area contributed by atoms with E-state index < -0.39 is 12.1 Å². The molecule has 106 valence electrons. The highest BCUT2D eigenvalue weighted by Gasteiger charge is 2.07. The first-order valence-electron chi connectivity index (χ1n) is 6.23. The zero-order valence-electron chi connectivity index (χ0n) is 11.8. The number of ether oxygens (including phenoxy) is 2. The Labute approximate surface area is 118 Å². The van der Waals surface area contributed by atoms with E-state index in [0.717, 1.165) is 5.56 Å². The summed E-state index contributed by atoms with van der Waals surface area (Å²) in [6.07, 6.45) is 4.53. The van der Waals surface area contributed by atoms with E-state index in [-0.39, 0.29) is 5.97 Å². The molecule has 4 nitrogen and oxygen atoms in total. The molecule has 0 radical (unpaired) electrons. The van der Waals surface area contributed by atoms with Crippen molar-refractivity contribution >= 4 is 18.0 Å². The van der Waals surface area contributed by atoms with E-state index in [2.05, 4.69) is 0 Å². The summed E-state index contributed by atoms with van der Waals surface area (Å²) >= 11 is 0. The van der Waals surface area contributed by atoms with Crippen molar-refractivity contribution in [3.05, 3.63) is 53.6 Å². The van der Waals surface area contributed by atoms with Gasteiger partial charge in [-0.05, 0) is 30.7 Å². The van der Waals surface area contributed by atoms with Crippen molar-refractivity contribution < 1.29 is 19.1 Å². The Morgan fingerprint density at radius 3 is 2.40 bits per heavy atom. The van der Waals surface area contributed by atoms with E-state index in [1.165, 1.54) is 14.0 Å². The molecule has 0 fully saturated rings. The minimum Gasteiger partial charge on any atom is -0.465 e. The number of esters is 2. The summed E-state index contributed by atoms with van der Waals surface area (Å²) < 4.78 is 9.69. The fourth-order valence-corrected chi connectivity index (χ4v) is 1.56. The molecule has 0 bridgehead atoms. The molecule has 20 heavy (non-hydrogen) atoms. The van der Waals surface area contributed by atoms with E-state index in [1.54, 1.807) is 25.2 Å². The fourth-order valence-electron chi connectivity index (χ4n) is 1.56. The van der Waals surface area contributed by atoms with Crippen LogP contribution in [0.2, 0.25) is 0 Å². The second-order valence-corrected chi connectivity index (χ2v) is 4.18. The molecule has 1 aromatic carbocycles. The molecule has 0 saturated carbocycles. The quantitative estimate of drug-likeness (QED) is 0.470. The number of hydrogen-bond acceptors (Lipinski definition) is 4. The van der Waals surface area contributed by atoms with Gasteiger partial charge in [0.05, 0.1) is 12.7 Å². The topological polar surface area (TPSA) is 52.6 Å². The van der Waals surface area contributed by atoms with Crippen LogP contribution in [0.1, 0.15) is 19.4 Å². The van der Waals surface area contributed by atoms with Gasteiger partial charge in [0.1, 0.15) is 6.10 Å². The first-order valence-corrected chi connectivity index (χ1v) is 6.23. The summed E-state index contributed by atoms with van der Waals surface area (Å²) in [6, 6.07) is 9.42. The number of carbonyl (C=O) groups is 2. The van der Waals surface area contributed by atoms with Crippen LogP contribution in [0, 0.1) is 0 Å². The molecule has 0 saturated heterocycles. The SMILES string of the molecule is COC(=O)C(/C=C\C(C)OC(C)=O)=C\c1ccccc1. The van der Waals surface area contributed by atoms with E-state index >= 15 is 0 Å². The number of carbonyl (C=O) groups excluding carboxylic acids is 2. The first-order chi connectivity index (χ1) is 9.52. The molecule has 0 aromatic heterocycles. The fraction of sp³-hybridized carbons (Fsp3) is 0.250. The lowest BCUT2D eigenvalue weighted by Gasteiger charge is -2.06. The Kier molecular flexibility index (Phi) is 6.23. The lowest BCUT2D eigenvalue weighted by Crippen LogP contribution is -2.10. The summed E-state index contributed by atoms with van der Waals surface area (Å²) in [5, 5.41) is 0. The van der Waals surface area contributed by atoms with Crippen LogP contribution >= 0.6 is 0 Å². The van der Waals surface area contributed by atoms with Gasteiger partial charge < -0.3 is 9.47 Å². The summed E-state index contributed by atoms with van der Waals surface area (Å²) in [6.45, 7) is 3.06. The van der Waals surface area contributed by atoms with E-state index in [9.17, 15) is 9.59 Å². The number of benzene rings is 1. The van der Waals surface area contributed by atoms with Crippen LogP contribution in [-0.2, 0) is 19.1 Å². The first kappa shape index (κ1) is 15.7. The van der Waals surface area contributed by atoms with Crippen molar-refractivity contribution in [3.63, 3.8) is 0 Å². The van der Waals surface area contributed by atoms with Crippen LogP contribution in [0.25, 0.3) is 6.08 Å². The van der Waals surface area contributed by atoms with Gasteiger partial charge in [0, 0.05) is 6.92 Å². The molecule has 0 aliphatic rings.